The van der Waals surface area contributed by atoms with Gasteiger partial charge in [0.25, 0.3) is 0 Å². The summed E-state index contributed by atoms with van der Waals surface area (Å²) in [7, 11) is 0. The summed E-state index contributed by atoms with van der Waals surface area (Å²) in [5, 5.41) is 8.79. The summed E-state index contributed by atoms with van der Waals surface area (Å²) >= 11 is 0. The fourth-order valence-electron chi connectivity index (χ4n) is 4.87. The average molecular weight is 336 g/mol. The van der Waals surface area contributed by atoms with Gasteiger partial charge in [0.15, 0.2) is 0 Å². The molecule has 0 saturated carbocycles. The van der Waals surface area contributed by atoms with Crippen LogP contribution in [0.15, 0.2) is 24.3 Å². The van der Waals surface area contributed by atoms with Crippen molar-refractivity contribution in [2.24, 2.45) is 0 Å². The van der Waals surface area contributed by atoms with Crippen LogP contribution in [-0.4, -0.2) is 38.7 Å². The number of rotatable bonds is 2. The van der Waals surface area contributed by atoms with E-state index in [9.17, 15) is 4.79 Å². The summed E-state index contributed by atoms with van der Waals surface area (Å²) in [5.74, 6) is 3.17. The Morgan fingerprint density at radius 2 is 1.84 bits per heavy atom. The number of carbonyl (C=O) groups is 1. The predicted octanol–water partition coefficient (Wildman–Crippen LogP) is 2.66. The van der Waals surface area contributed by atoms with Crippen molar-refractivity contribution < 1.29 is 4.79 Å². The van der Waals surface area contributed by atoms with E-state index >= 15 is 0 Å². The van der Waals surface area contributed by atoms with E-state index in [2.05, 4.69) is 43.9 Å². The second kappa shape index (κ2) is 5.97. The van der Waals surface area contributed by atoms with Crippen molar-refractivity contribution in [1.82, 2.24) is 19.7 Å². The van der Waals surface area contributed by atoms with Gasteiger partial charge in [-0.1, -0.05) is 24.3 Å². The Kier molecular flexibility index (Phi) is 3.61. The Hall–Kier alpha value is -2.17. The monoisotopic (exact) mass is 336 g/mol. The zero-order valence-electron chi connectivity index (χ0n) is 14.5. The lowest BCUT2D eigenvalue weighted by Gasteiger charge is -2.33. The molecule has 2 aliphatic heterocycles. The van der Waals surface area contributed by atoms with Crippen LogP contribution in [0, 0.1) is 0 Å². The third-order valence-corrected chi connectivity index (χ3v) is 6.24. The van der Waals surface area contributed by atoms with Gasteiger partial charge in [-0.05, 0) is 43.2 Å². The number of hydrogen-bond acceptors (Lipinski definition) is 3. The molecule has 1 amide bonds. The fourth-order valence-corrected chi connectivity index (χ4v) is 4.87. The molecule has 5 nitrogen and oxygen atoms in total. The number of piperidine rings is 1. The van der Waals surface area contributed by atoms with Gasteiger partial charge in [-0.2, -0.15) is 0 Å². The molecule has 1 aliphatic carbocycles. The van der Waals surface area contributed by atoms with Crippen LogP contribution >= 0.6 is 0 Å². The van der Waals surface area contributed by atoms with Crippen molar-refractivity contribution in [1.29, 1.82) is 0 Å². The van der Waals surface area contributed by atoms with E-state index in [4.69, 9.17) is 0 Å². The number of amides is 1. The highest BCUT2D eigenvalue weighted by molar-refractivity contribution is 5.85. The first-order chi connectivity index (χ1) is 12.3. The molecule has 1 aromatic carbocycles. The van der Waals surface area contributed by atoms with Gasteiger partial charge in [0.1, 0.15) is 11.6 Å². The molecule has 0 unspecified atom stereocenters. The molecular formula is C20H24N4O. The number of fused-ring (bicyclic) bond motifs is 2. The molecule has 0 radical (unpaired) electrons. The van der Waals surface area contributed by atoms with Crippen LogP contribution in [0.25, 0.3) is 0 Å². The molecule has 130 valence electrons. The van der Waals surface area contributed by atoms with Gasteiger partial charge in [0.2, 0.25) is 5.91 Å². The number of aryl methyl sites for hydroxylation is 2. The molecule has 1 aromatic heterocycles. The second-order valence-corrected chi connectivity index (χ2v) is 7.62. The van der Waals surface area contributed by atoms with Crippen LogP contribution in [0.4, 0.5) is 0 Å². The summed E-state index contributed by atoms with van der Waals surface area (Å²) in [4.78, 5) is 15.1. The normalized spacial score (nSPS) is 22.9. The molecular weight excluding hydrogens is 312 g/mol. The van der Waals surface area contributed by atoms with Crippen molar-refractivity contribution in [2.75, 3.05) is 13.1 Å². The van der Waals surface area contributed by atoms with E-state index in [1.807, 2.05) is 0 Å². The van der Waals surface area contributed by atoms with Gasteiger partial charge in [0, 0.05) is 32.0 Å². The molecule has 5 rings (SSSR count). The summed E-state index contributed by atoms with van der Waals surface area (Å²) < 4.78 is 2.31. The van der Waals surface area contributed by atoms with Crippen LogP contribution in [0.1, 0.15) is 60.3 Å². The molecule has 1 atom stereocenters. The summed E-state index contributed by atoms with van der Waals surface area (Å²) in [6, 6.07) is 8.44. The van der Waals surface area contributed by atoms with Crippen LogP contribution in [-0.2, 0) is 24.2 Å². The van der Waals surface area contributed by atoms with Crippen molar-refractivity contribution >= 4 is 5.91 Å². The highest BCUT2D eigenvalue weighted by atomic mass is 16.2. The lowest BCUT2D eigenvalue weighted by molar-refractivity contribution is -0.133. The second-order valence-electron chi connectivity index (χ2n) is 7.62. The highest BCUT2D eigenvalue weighted by Crippen LogP contribution is 2.36. The number of benzene rings is 1. The van der Waals surface area contributed by atoms with Gasteiger partial charge >= 0.3 is 0 Å². The largest absolute Gasteiger partial charge is 0.342 e. The molecule has 3 aliphatic rings. The molecule has 5 heteroatoms. The molecule has 2 aromatic rings. The van der Waals surface area contributed by atoms with Gasteiger partial charge in [-0.15, -0.1) is 10.2 Å². The van der Waals surface area contributed by atoms with E-state index in [0.717, 1.165) is 63.4 Å². The van der Waals surface area contributed by atoms with Crippen molar-refractivity contribution in [3.8, 4) is 0 Å². The van der Waals surface area contributed by atoms with Gasteiger partial charge in [-0.25, -0.2) is 0 Å². The topological polar surface area (TPSA) is 51.0 Å². The average Bonchev–Trinajstić information content (AvgIpc) is 3.36. The Bertz CT molecular complexity index is 804. The molecule has 3 heterocycles. The predicted molar refractivity (Wildman–Crippen MR) is 94.4 cm³/mol. The quantitative estimate of drug-likeness (QED) is 0.847. The van der Waals surface area contributed by atoms with Crippen molar-refractivity contribution in [3.05, 3.63) is 47.0 Å². The van der Waals surface area contributed by atoms with E-state index in [-0.39, 0.29) is 5.92 Å². The molecule has 1 fully saturated rings. The molecule has 0 N–H and O–H groups in total. The molecule has 0 bridgehead atoms. The summed E-state index contributed by atoms with van der Waals surface area (Å²) in [5.41, 5.74) is 2.61. The van der Waals surface area contributed by atoms with Crippen molar-refractivity contribution in [2.45, 2.75) is 56.9 Å². The van der Waals surface area contributed by atoms with Crippen molar-refractivity contribution in [3.63, 3.8) is 0 Å². The highest BCUT2D eigenvalue weighted by Gasteiger charge is 2.34. The molecule has 0 spiro atoms. The SMILES string of the molecule is O=C([C@H]1CCc2ccccc21)N1CCC(c2nnc3n2CCC3)CC1. The Balaban J connectivity index is 1.27. The zero-order chi connectivity index (χ0) is 16.8. The number of aromatic nitrogens is 3. The van der Waals surface area contributed by atoms with Crippen LogP contribution in [0.2, 0.25) is 0 Å². The van der Waals surface area contributed by atoms with Crippen LogP contribution in [0.5, 0.6) is 0 Å². The Labute approximate surface area is 148 Å². The Morgan fingerprint density at radius 1 is 1.00 bits per heavy atom. The minimum atomic E-state index is 0.0742. The van der Waals surface area contributed by atoms with Crippen LogP contribution in [0.3, 0.4) is 0 Å². The minimum absolute atomic E-state index is 0.0742. The molecule has 25 heavy (non-hydrogen) atoms. The lowest BCUT2D eigenvalue weighted by Crippen LogP contribution is -2.40. The first-order valence-electron chi connectivity index (χ1n) is 9.60. The zero-order valence-corrected chi connectivity index (χ0v) is 14.5. The third kappa shape index (κ3) is 2.48. The maximum absolute atomic E-state index is 13.0. The third-order valence-electron chi connectivity index (χ3n) is 6.24. The first-order valence-corrected chi connectivity index (χ1v) is 9.60. The number of carbonyl (C=O) groups excluding carboxylic acids is 1. The number of nitrogens with zero attached hydrogens (tertiary/aromatic N) is 4. The van der Waals surface area contributed by atoms with E-state index in [0.29, 0.717) is 11.8 Å². The van der Waals surface area contributed by atoms with E-state index < -0.39 is 0 Å². The Morgan fingerprint density at radius 3 is 2.72 bits per heavy atom. The minimum Gasteiger partial charge on any atom is -0.342 e. The maximum atomic E-state index is 13.0. The van der Waals surface area contributed by atoms with Gasteiger partial charge in [-0.3, -0.25) is 4.79 Å². The maximum Gasteiger partial charge on any atom is 0.230 e. The first kappa shape index (κ1) is 15.1. The standard InChI is InChI=1S/C20H24N4O/c25-20(17-8-7-14-4-1-2-5-16(14)17)23-12-9-15(10-13-23)19-22-21-18-6-3-11-24(18)19/h1-2,4-5,15,17H,3,6-13H2/t17-/m0/s1. The number of likely N-dealkylation sites (tertiary alicyclic amines) is 1. The van der Waals surface area contributed by atoms with Crippen LogP contribution < -0.4 is 0 Å². The van der Waals surface area contributed by atoms with E-state index in [1.54, 1.807) is 0 Å². The molecule has 1 saturated heterocycles. The van der Waals surface area contributed by atoms with Gasteiger partial charge in [0.05, 0.1) is 5.92 Å². The summed E-state index contributed by atoms with van der Waals surface area (Å²) in [6.45, 7) is 2.77. The lowest BCUT2D eigenvalue weighted by atomic mass is 9.93. The number of hydrogen-bond donors (Lipinski definition) is 0. The van der Waals surface area contributed by atoms with E-state index in [1.165, 1.54) is 17.5 Å². The summed E-state index contributed by atoms with van der Waals surface area (Å²) in [6.07, 6.45) is 6.28. The smallest absolute Gasteiger partial charge is 0.230 e. The fraction of sp³-hybridized carbons (Fsp3) is 0.550. The van der Waals surface area contributed by atoms with Gasteiger partial charge < -0.3 is 9.47 Å².